The number of ether oxygens (including phenoxy) is 4. The molecule has 1 aromatic heterocycles. The summed E-state index contributed by atoms with van der Waals surface area (Å²) in [5.41, 5.74) is 1.25. The van der Waals surface area contributed by atoms with Crippen molar-refractivity contribution in [2.75, 3.05) is 56.7 Å². The van der Waals surface area contributed by atoms with Gasteiger partial charge in [0.2, 0.25) is 0 Å². The Bertz CT molecular complexity index is 1460. The number of nitrogens with one attached hydrogen (secondary N) is 2. The minimum atomic E-state index is -0.930. The Hall–Kier alpha value is -3.42. The average molecular weight is 588 g/mol. The van der Waals surface area contributed by atoms with Crippen molar-refractivity contribution in [2.24, 2.45) is 0 Å². The van der Waals surface area contributed by atoms with Gasteiger partial charge in [0, 0.05) is 43.2 Å². The van der Waals surface area contributed by atoms with E-state index >= 15 is 4.39 Å². The number of nitrogens with zero attached hydrogens (tertiary/aromatic N) is 3. The van der Waals surface area contributed by atoms with Crippen LogP contribution in [-0.2, 0) is 19.0 Å². The number of benzene rings is 2. The van der Waals surface area contributed by atoms with E-state index in [2.05, 4.69) is 20.6 Å². The van der Waals surface area contributed by atoms with Crippen molar-refractivity contribution in [1.82, 2.24) is 14.9 Å². The van der Waals surface area contributed by atoms with Crippen LogP contribution in [0.15, 0.2) is 48.6 Å². The van der Waals surface area contributed by atoms with Gasteiger partial charge in [-0.15, -0.1) is 0 Å². The van der Waals surface area contributed by atoms with Gasteiger partial charge in [-0.25, -0.2) is 18.7 Å². The van der Waals surface area contributed by atoms with Crippen LogP contribution in [0.3, 0.4) is 0 Å². The van der Waals surface area contributed by atoms with Crippen LogP contribution in [0.4, 0.5) is 26.0 Å². The molecule has 0 bridgehead atoms. The molecule has 6 rings (SSSR count). The van der Waals surface area contributed by atoms with Crippen molar-refractivity contribution in [1.29, 1.82) is 0 Å². The maximum absolute atomic E-state index is 15.0. The molecule has 13 heteroatoms. The molecule has 3 aliphatic heterocycles. The molecule has 2 N–H and O–H groups in total. The summed E-state index contributed by atoms with van der Waals surface area (Å²) in [5, 5.41) is 6.20. The number of anilines is 3. The third kappa shape index (κ3) is 6.41. The summed E-state index contributed by atoms with van der Waals surface area (Å²) in [4.78, 5) is 23.6. The summed E-state index contributed by atoms with van der Waals surface area (Å²) in [7, 11) is 0. The number of likely N-dealkylation sites (tertiary alicyclic amines) is 1. The second-order valence-corrected chi connectivity index (χ2v) is 10.4. The first kappa shape index (κ1) is 27.7. The lowest BCUT2D eigenvalue weighted by atomic mass is 10.1. The Morgan fingerprint density at radius 1 is 1.15 bits per heavy atom. The number of carbonyl (C=O) groups is 1. The highest BCUT2D eigenvalue weighted by Crippen LogP contribution is 2.35. The van der Waals surface area contributed by atoms with E-state index in [1.54, 1.807) is 12.1 Å². The van der Waals surface area contributed by atoms with Crippen LogP contribution in [0.2, 0.25) is 5.02 Å². The Labute approximate surface area is 239 Å². The lowest BCUT2D eigenvalue weighted by Crippen LogP contribution is -2.36. The fourth-order valence-corrected chi connectivity index (χ4v) is 5.23. The zero-order chi connectivity index (χ0) is 28.3. The van der Waals surface area contributed by atoms with Gasteiger partial charge < -0.3 is 29.6 Å². The van der Waals surface area contributed by atoms with Crippen molar-refractivity contribution in [2.45, 2.75) is 24.7 Å². The van der Waals surface area contributed by atoms with E-state index < -0.39 is 17.6 Å². The number of carbonyl (C=O) groups excluding carboxylic acids is 1. The van der Waals surface area contributed by atoms with Crippen molar-refractivity contribution >= 4 is 45.6 Å². The van der Waals surface area contributed by atoms with E-state index in [1.807, 2.05) is 4.90 Å². The van der Waals surface area contributed by atoms with Crippen LogP contribution in [0, 0.1) is 5.82 Å². The molecular formula is C28H28ClF2N5O5. The Morgan fingerprint density at radius 3 is 2.68 bits per heavy atom. The maximum atomic E-state index is 15.0. The fourth-order valence-electron chi connectivity index (χ4n) is 5.05. The van der Waals surface area contributed by atoms with Crippen molar-refractivity contribution < 1.29 is 32.5 Å². The van der Waals surface area contributed by atoms with Gasteiger partial charge >= 0.3 is 0 Å². The first-order chi connectivity index (χ1) is 19.9. The summed E-state index contributed by atoms with van der Waals surface area (Å²) in [6.07, 6.45) is 2.97. The molecule has 3 atom stereocenters. The Balaban J connectivity index is 1.24. The first-order valence-electron chi connectivity index (χ1n) is 13.3. The van der Waals surface area contributed by atoms with Gasteiger partial charge in [0.1, 0.15) is 29.8 Å². The molecule has 3 saturated heterocycles. The van der Waals surface area contributed by atoms with Crippen LogP contribution >= 0.6 is 11.6 Å². The molecule has 3 aliphatic rings. The summed E-state index contributed by atoms with van der Waals surface area (Å²) >= 11 is 5.93. The Morgan fingerprint density at radius 2 is 1.95 bits per heavy atom. The fraction of sp³-hybridized carbons (Fsp3) is 0.393. The maximum Gasteiger partial charge on any atom is 0.284 e. The summed E-state index contributed by atoms with van der Waals surface area (Å²) in [6.45, 7) is 3.50. The highest BCUT2D eigenvalue weighted by Gasteiger charge is 2.36. The lowest BCUT2D eigenvalue weighted by molar-refractivity contribution is -0.116. The number of fused-ring (bicyclic) bond motifs is 2. The van der Waals surface area contributed by atoms with Gasteiger partial charge in [0.05, 0.1) is 54.9 Å². The molecule has 0 aliphatic carbocycles. The van der Waals surface area contributed by atoms with E-state index in [4.69, 9.17) is 30.5 Å². The first-order valence-corrected chi connectivity index (χ1v) is 13.7. The molecule has 0 saturated carbocycles. The van der Waals surface area contributed by atoms with E-state index in [-0.39, 0.29) is 35.6 Å². The number of amides is 1. The average Bonchev–Trinajstić information content (AvgIpc) is 3.64. The van der Waals surface area contributed by atoms with Gasteiger partial charge in [0.15, 0.2) is 5.83 Å². The third-order valence-electron chi connectivity index (χ3n) is 7.13. The predicted molar refractivity (Wildman–Crippen MR) is 148 cm³/mol. The largest absolute Gasteiger partial charge is 0.486 e. The van der Waals surface area contributed by atoms with Gasteiger partial charge in [-0.1, -0.05) is 11.6 Å². The highest BCUT2D eigenvalue weighted by atomic mass is 35.5. The predicted octanol–water partition coefficient (Wildman–Crippen LogP) is 4.23. The molecule has 2 aromatic carbocycles. The quantitative estimate of drug-likeness (QED) is 0.375. The van der Waals surface area contributed by atoms with Crippen LogP contribution < -0.4 is 15.4 Å². The summed E-state index contributed by atoms with van der Waals surface area (Å²) in [5.74, 6) is -1.70. The summed E-state index contributed by atoms with van der Waals surface area (Å²) in [6, 6.07) is 7.45. The number of rotatable bonds is 8. The molecule has 0 spiro atoms. The molecule has 3 fully saturated rings. The van der Waals surface area contributed by atoms with E-state index in [0.29, 0.717) is 74.1 Å². The molecule has 1 amide bonds. The van der Waals surface area contributed by atoms with Crippen LogP contribution in [-0.4, -0.2) is 85.1 Å². The van der Waals surface area contributed by atoms with Crippen molar-refractivity contribution in [3.8, 4) is 5.75 Å². The number of hydrogen-bond acceptors (Lipinski definition) is 9. The van der Waals surface area contributed by atoms with Gasteiger partial charge in [0.25, 0.3) is 5.91 Å². The monoisotopic (exact) mass is 587 g/mol. The second kappa shape index (κ2) is 12.2. The molecule has 3 aromatic rings. The van der Waals surface area contributed by atoms with Crippen LogP contribution in [0.1, 0.15) is 6.42 Å². The SMILES string of the molecule is O=C(Nc1cc2c(Nc3ccc(F)c(Cl)c3)ncnc2cc1O[C@H]1CCOC1)C(F)=CCN1C[C@@H]2OCCO[C@@H]2C1. The van der Waals surface area contributed by atoms with E-state index in [9.17, 15) is 9.18 Å². The third-order valence-corrected chi connectivity index (χ3v) is 7.42. The number of halogens is 3. The van der Waals surface area contributed by atoms with E-state index in [0.717, 1.165) is 0 Å². The molecular weight excluding hydrogens is 560 g/mol. The molecule has 216 valence electrons. The smallest absolute Gasteiger partial charge is 0.284 e. The van der Waals surface area contributed by atoms with Gasteiger partial charge in [-0.05, 0) is 30.3 Å². The highest BCUT2D eigenvalue weighted by molar-refractivity contribution is 6.31. The zero-order valence-electron chi connectivity index (χ0n) is 21.9. The zero-order valence-corrected chi connectivity index (χ0v) is 22.7. The minimum Gasteiger partial charge on any atom is -0.486 e. The second-order valence-electron chi connectivity index (χ2n) is 9.99. The molecule has 0 unspecified atom stereocenters. The van der Waals surface area contributed by atoms with Crippen LogP contribution in [0.25, 0.3) is 10.9 Å². The molecule has 0 radical (unpaired) electrons. The van der Waals surface area contributed by atoms with Gasteiger partial charge in [-0.2, -0.15) is 0 Å². The number of aromatic nitrogens is 2. The van der Waals surface area contributed by atoms with Gasteiger partial charge in [-0.3, -0.25) is 9.69 Å². The van der Waals surface area contributed by atoms with Crippen molar-refractivity contribution in [3.05, 3.63) is 59.4 Å². The topological polar surface area (TPSA) is 107 Å². The number of hydrogen-bond donors (Lipinski definition) is 2. The standard InChI is InChI=1S/C28H28ClF2N5O5/c29-19-9-16(1-2-20(19)30)34-27-18-10-23(24(11-22(18)32-15-33-27)41-17-4-6-38-14-17)35-28(37)21(31)3-5-36-12-25-26(13-36)40-8-7-39-25/h1-3,9-11,15,17,25-26H,4-8,12-14H2,(H,35,37)(H,32,33,34)/t17-,25-,26+/m0/s1. The minimum absolute atomic E-state index is 0.0399. The normalized spacial score (nSPS) is 23.0. The molecule has 4 heterocycles. The summed E-state index contributed by atoms with van der Waals surface area (Å²) < 4.78 is 51.6. The van der Waals surface area contributed by atoms with Crippen LogP contribution in [0.5, 0.6) is 5.75 Å². The molecule has 10 nitrogen and oxygen atoms in total. The van der Waals surface area contributed by atoms with E-state index in [1.165, 1.54) is 30.6 Å². The van der Waals surface area contributed by atoms with Crippen molar-refractivity contribution in [3.63, 3.8) is 0 Å². The Kier molecular flexibility index (Phi) is 8.26. The lowest BCUT2D eigenvalue weighted by Gasteiger charge is -2.24. The molecule has 41 heavy (non-hydrogen) atoms.